The molecule has 3 aromatic rings. The van der Waals surface area contributed by atoms with E-state index in [1.54, 1.807) is 11.3 Å². The number of amides is 3. The molecule has 3 aliphatic rings. The molecule has 1 N–H and O–H groups in total. The monoisotopic (exact) mass is 432 g/mol. The van der Waals surface area contributed by atoms with Crippen molar-refractivity contribution in [1.82, 2.24) is 20.1 Å². The molecule has 2 saturated heterocycles. The van der Waals surface area contributed by atoms with Crippen LogP contribution >= 0.6 is 11.3 Å². The van der Waals surface area contributed by atoms with Gasteiger partial charge in [-0.15, -0.1) is 11.3 Å². The van der Waals surface area contributed by atoms with Crippen LogP contribution in [0.15, 0.2) is 48.5 Å². The zero-order chi connectivity index (χ0) is 21.0. The highest BCUT2D eigenvalue weighted by Gasteiger charge is 2.54. The van der Waals surface area contributed by atoms with Gasteiger partial charge in [0.15, 0.2) is 0 Å². The third kappa shape index (κ3) is 2.91. The molecule has 1 aliphatic carbocycles. The predicted molar refractivity (Wildman–Crippen MR) is 120 cm³/mol. The molecule has 2 aromatic carbocycles. The first kappa shape index (κ1) is 19.0. The highest BCUT2D eigenvalue weighted by atomic mass is 32.1. The molecule has 1 aromatic heterocycles. The maximum absolute atomic E-state index is 13.6. The number of benzene rings is 2. The van der Waals surface area contributed by atoms with Crippen molar-refractivity contribution in [3.8, 4) is 0 Å². The number of hydrogen-bond donors (Lipinski definition) is 1. The van der Waals surface area contributed by atoms with Crippen LogP contribution in [0.2, 0.25) is 0 Å². The molecule has 0 radical (unpaired) electrons. The zero-order valence-corrected chi connectivity index (χ0v) is 18.0. The van der Waals surface area contributed by atoms with E-state index in [-0.39, 0.29) is 18.0 Å². The fourth-order valence-corrected chi connectivity index (χ4v) is 6.57. The number of hydrogen-bond acceptors (Lipinski definition) is 5. The summed E-state index contributed by atoms with van der Waals surface area (Å²) in [4.78, 5) is 35.1. The van der Waals surface area contributed by atoms with E-state index in [9.17, 15) is 9.59 Å². The molecule has 6 nitrogen and oxygen atoms in total. The molecule has 158 valence electrons. The van der Waals surface area contributed by atoms with Gasteiger partial charge in [-0.25, -0.2) is 14.7 Å². The number of urea groups is 1. The van der Waals surface area contributed by atoms with E-state index in [4.69, 9.17) is 4.98 Å². The standard InChI is InChI=1S/C24H24N4O2S/c29-22-24(13-5-8-16-7-1-2-9-17(16)24)26-23(30)28(22)15-27-14-6-11-19(27)21-25-18-10-3-4-12-20(18)31-21/h1-4,7,9-10,12,19H,5-6,8,11,13-15H2,(H,26,30)/t19-,24-/m0/s1. The van der Waals surface area contributed by atoms with Crippen LogP contribution in [0.5, 0.6) is 0 Å². The summed E-state index contributed by atoms with van der Waals surface area (Å²) in [6, 6.07) is 16.1. The number of likely N-dealkylation sites (tertiary alicyclic amines) is 1. The summed E-state index contributed by atoms with van der Waals surface area (Å²) in [7, 11) is 0. The second-order valence-electron chi connectivity index (χ2n) is 8.71. The lowest BCUT2D eigenvalue weighted by atomic mass is 9.76. The molecule has 1 spiro atoms. The van der Waals surface area contributed by atoms with Gasteiger partial charge in [-0.2, -0.15) is 0 Å². The van der Waals surface area contributed by atoms with Crippen molar-refractivity contribution >= 4 is 33.5 Å². The van der Waals surface area contributed by atoms with Crippen LogP contribution < -0.4 is 5.32 Å². The third-order valence-electron chi connectivity index (χ3n) is 6.93. The van der Waals surface area contributed by atoms with E-state index in [2.05, 4.69) is 22.3 Å². The average molecular weight is 433 g/mol. The molecule has 2 fully saturated rings. The van der Waals surface area contributed by atoms with E-state index in [0.29, 0.717) is 13.1 Å². The van der Waals surface area contributed by atoms with Gasteiger partial charge in [0.05, 0.1) is 22.9 Å². The van der Waals surface area contributed by atoms with Crippen LogP contribution in [-0.2, 0) is 16.8 Å². The van der Waals surface area contributed by atoms with Crippen LogP contribution in [0.4, 0.5) is 4.79 Å². The summed E-state index contributed by atoms with van der Waals surface area (Å²) in [6.07, 6.45) is 4.55. The van der Waals surface area contributed by atoms with Crippen molar-refractivity contribution in [2.45, 2.75) is 43.7 Å². The number of imide groups is 1. The number of para-hydroxylation sites is 1. The van der Waals surface area contributed by atoms with Crippen LogP contribution in [0.1, 0.15) is 47.9 Å². The Bertz CT molecular complexity index is 1160. The number of nitrogens with one attached hydrogen (secondary N) is 1. The largest absolute Gasteiger partial charge is 0.326 e. The quantitative estimate of drug-likeness (QED) is 0.631. The number of carbonyl (C=O) groups excluding carboxylic acids is 2. The van der Waals surface area contributed by atoms with Crippen molar-refractivity contribution in [2.75, 3.05) is 13.2 Å². The van der Waals surface area contributed by atoms with E-state index in [1.807, 2.05) is 36.4 Å². The molecule has 7 heteroatoms. The minimum atomic E-state index is -0.906. The molecule has 2 aliphatic heterocycles. The first-order chi connectivity index (χ1) is 15.2. The number of thiazole rings is 1. The normalized spacial score (nSPS) is 26.1. The second-order valence-corrected chi connectivity index (χ2v) is 9.77. The molecule has 31 heavy (non-hydrogen) atoms. The lowest BCUT2D eigenvalue weighted by Gasteiger charge is -2.33. The topological polar surface area (TPSA) is 65.5 Å². The fourth-order valence-electron chi connectivity index (χ4n) is 5.43. The molecule has 0 bridgehead atoms. The molecule has 0 unspecified atom stereocenters. The van der Waals surface area contributed by atoms with Gasteiger partial charge in [0, 0.05) is 6.54 Å². The van der Waals surface area contributed by atoms with E-state index < -0.39 is 5.54 Å². The van der Waals surface area contributed by atoms with Gasteiger partial charge in [-0.1, -0.05) is 36.4 Å². The minimum absolute atomic E-state index is 0.111. The van der Waals surface area contributed by atoms with E-state index in [0.717, 1.165) is 53.9 Å². The Balaban J connectivity index is 1.28. The Morgan fingerprint density at radius 2 is 1.94 bits per heavy atom. The van der Waals surface area contributed by atoms with Crippen molar-refractivity contribution in [2.24, 2.45) is 0 Å². The fraction of sp³-hybridized carbons (Fsp3) is 0.375. The number of aromatic nitrogens is 1. The van der Waals surface area contributed by atoms with Crippen molar-refractivity contribution in [3.05, 3.63) is 64.7 Å². The lowest BCUT2D eigenvalue weighted by Crippen LogP contribution is -2.47. The number of nitrogens with zero attached hydrogens (tertiary/aromatic N) is 3. The van der Waals surface area contributed by atoms with Gasteiger partial charge in [-0.3, -0.25) is 9.69 Å². The highest BCUT2D eigenvalue weighted by Crippen LogP contribution is 2.41. The summed E-state index contributed by atoms with van der Waals surface area (Å²) in [6.45, 7) is 1.18. The van der Waals surface area contributed by atoms with Gasteiger partial charge < -0.3 is 5.32 Å². The highest BCUT2D eigenvalue weighted by molar-refractivity contribution is 7.18. The van der Waals surface area contributed by atoms with Gasteiger partial charge in [0.25, 0.3) is 5.91 Å². The molecule has 3 heterocycles. The minimum Gasteiger partial charge on any atom is -0.319 e. The van der Waals surface area contributed by atoms with Gasteiger partial charge in [-0.05, 0) is 55.4 Å². The van der Waals surface area contributed by atoms with Crippen molar-refractivity contribution in [1.29, 1.82) is 0 Å². The smallest absolute Gasteiger partial charge is 0.319 e. The number of fused-ring (bicyclic) bond motifs is 3. The number of rotatable bonds is 3. The van der Waals surface area contributed by atoms with Crippen molar-refractivity contribution in [3.63, 3.8) is 0 Å². The Labute approximate surface area is 184 Å². The summed E-state index contributed by atoms with van der Waals surface area (Å²) >= 11 is 1.71. The first-order valence-corrected chi connectivity index (χ1v) is 11.8. The van der Waals surface area contributed by atoms with Gasteiger partial charge in [0.1, 0.15) is 10.5 Å². The number of aryl methyl sites for hydroxylation is 1. The van der Waals surface area contributed by atoms with Crippen LogP contribution in [-0.4, -0.2) is 39.9 Å². The lowest BCUT2D eigenvalue weighted by molar-refractivity contribution is -0.133. The Morgan fingerprint density at radius 3 is 2.84 bits per heavy atom. The second kappa shape index (κ2) is 7.14. The molecule has 3 amide bonds. The Kier molecular flexibility index (Phi) is 4.36. The zero-order valence-electron chi connectivity index (χ0n) is 17.2. The summed E-state index contributed by atoms with van der Waals surface area (Å²) in [5.41, 5.74) is 2.24. The third-order valence-corrected chi connectivity index (χ3v) is 8.07. The van der Waals surface area contributed by atoms with Crippen LogP contribution in [0.3, 0.4) is 0 Å². The molecular weight excluding hydrogens is 408 g/mol. The first-order valence-electron chi connectivity index (χ1n) is 11.0. The summed E-state index contributed by atoms with van der Waals surface area (Å²) < 4.78 is 1.18. The van der Waals surface area contributed by atoms with E-state index >= 15 is 0 Å². The Hall–Kier alpha value is -2.77. The van der Waals surface area contributed by atoms with E-state index in [1.165, 1.54) is 9.60 Å². The van der Waals surface area contributed by atoms with Crippen LogP contribution in [0, 0.1) is 0 Å². The molecule has 0 saturated carbocycles. The predicted octanol–water partition coefficient (Wildman–Crippen LogP) is 4.17. The Morgan fingerprint density at radius 1 is 1.10 bits per heavy atom. The molecule has 2 atom stereocenters. The average Bonchev–Trinajstić information content (AvgIpc) is 3.48. The van der Waals surface area contributed by atoms with Crippen molar-refractivity contribution < 1.29 is 9.59 Å². The van der Waals surface area contributed by atoms with Crippen LogP contribution in [0.25, 0.3) is 10.2 Å². The maximum Gasteiger partial charge on any atom is 0.326 e. The number of carbonyl (C=O) groups is 2. The van der Waals surface area contributed by atoms with Gasteiger partial charge >= 0.3 is 6.03 Å². The van der Waals surface area contributed by atoms with Gasteiger partial charge in [0.2, 0.25) is 0 Å². The molecule has 6 rings (SSSR count). The molecular formula is C24H24N4O2S. The maximum atomic E-state index is 13.6. The summed E-state index contributed by atoms with van der Waals surface area (Å²) in [5.74, 6) is -0.111. The summed E-state index contributed by atoms with van der Waals surface area (Å²) in [5, 5.41) is 4.15. The SMILES string of the molecule is O=C1N[C@]2(CCCc3ccccc32)C(=O)N1CN1CCC[C@H]1c1nc2ccccc2s1.